The van der Waals surface area contributed by atoms with Crippen LogP contribution in [0.2, 0.25) is 5.02 Å². The second-order valence-corrected chi connectivity index (χ2v) is 5.38. The molecule has 7 heteroatoms. The van der Waals surface area contributed by atoms with Crippen molar-refractivity contribution in [3.8, 4) is 0 Å². The van der Waals surface area contributed by atoms with Crippen LogP contribution in [-0.4, -0.2) is 22.8 Å². The van der Waals surface area contributed by atoms with E-state index in [1.807, 2.05) is 6.07 Å². The second kappa shape index (κ2) is 5.31. The largest absolute Gasteiger partial charge is 0.361 e. The first-order chi connectivity index (χ1) is 10.5. The standard InChI is InChI=1S/C15H12ClN3O3/c1-18-14(11-8-9(19(21)22)6-7-12(11)16)17-13-5-3-2-4-10(13)15(18)20/h2-8,14,17H,1H3. The zero-order valence-electron chi connectivity index (χ0n) is 11.6. The summed E-state index contributed by atoms with van der Waals surface area (Å²) >= 11 is 6.17. The van der Waals surface area contributed by atoms with Gasteiger partial charge in [-0.25, -0.2) is 0 Å². The van der Waals surface area contributed by atoms with Crippen LogP contribution in [0.4, 0.5) is 11.4 Å². The number of nitrogens with one attached hydrogen (secondary N) is 1. The van der Waals surface area contributed by atoms with Gasteiger partial charge in [0.2, 0.25) is 0 Å². The molecule has 6 nitrogen and oxygen atoms in total. The fourth-order valence-electron chi connectivity index (χ4n) is 2.49. The fourth-order valence-corrected chi connectivity index (χ4v) is 2.71. The van der Waals surface area contributed by atoms with E-state index in [2.05, 4.69) is 5.32 Å². The number of para-hydroxylation sites is 1. The number of benzene rings is 2. The molecule has 1 amide bonds. The number of nitrogens with zero attached hydrogens (tertiary/aromatic N) is 2. The van der Waals surface area contributed by atoms with Gasteiger partial charge >= 0.3 is 0 Å². The number of carbonyl (C=O) groups excluding carboxylic acids is 1. The molecular formula is C15H12ClN3O3. The third-order valence-electron chi connectivity index (χ3n) is 3.64. The molecule has 0 bridgehead atoms. The maximum absolute atomic E-state index is 12.4. The van der Waals surface area contributed by atoms with E-state index in [0.29, 0.717) is 21.8 Å². The minimum absolute atomic E-state index is 0.0686. The molecular weight excluding hydrogens is 306 g/mol. The number of nitro groups is 1. The fraction of sp³-hybridized carbons (Fsp3) is 0.133. The minimum atomic E-state index is -0.560. The highest BCUT2D eigenvalue weighted by molar-refractivity contribution is 6.31. The van der Waals surface area contributed by atoms with Crippen LogP contribution < -0.4 is 5.32 Å². The molecule has 22 heavy (non-hydrogen) atoms. The quantitative estimate of drug-likeness (QED) is 0.680. The molecule has 0 spiro atoms. The smallest absolute Gasteiger partial charge is 0.269 e. The Morgan fingerprint density at radius 3 is 2.73 bits per heavy atom. The molecule has 0 aromatic heterocycles. The lowest BCUT2D eigenvalue weighted by molar-refractivity contribution is -0.384. The van der Waals surface area contributed by atoms with Crippen molar-refractivity contribution in [2.75, 3.05) is 12.4 Å². The Morgan fingerprint density at radius 2 is 2.00 bits per heavy atom. The second-order valence-electron chi connectivity index (χ2n) is 4.97. The van der Waals surface area contributed by atoms with E-state index >= 15 is 0 Å². The summed E-state index contributed by atoms with van der Waals surface area (Å²) < 4.78 is 0. The van der Waals surface area contributed by atoms with Gasteiger partial charge in [0.1, 0.15) is 6.17 Å². The van der Waals surface area contributed by atoms with Gasteiger partial charge in [-0.15, -0.1) is 0 Å². The molecule has 1 unspecified atom stereocenters. The van der Waals surface area contributed by atoms with Gasteiger partial charge in [0.25, 0.3) is 11.6 Å². The molecule has 1 atom stereocenters. The van der Waals surface area contributed by atoms with Crippen molar-refractivity contribution in [1.29, 1.82) is 0 Å². The van der Waals surface area contributed by atoms with E-state index in [9.17, 15) is 14.9 Å². The summed E-state index contributed by atoms with van der Waals surface area (Å²) in [6.07, 6.45) is -0.560. The Morgan fingerprint density at radius 1 is 1.27 bits per heavy atom. The molecule has 2 aromatic carbocycles. The first kappa shape index (κ1) is 14.3. The van der Waals surface area contributed by atoms with Crippen LogP contribution in [0.5, 0.6) is 0 Å². The van der Waals surface area contributed by atoms with Crippen molar-refractivity contribution < 1.29 is 9.72 Å². The molecule has 1 heterocycles. The average molecular weight is 318 g/mol. The molecule has 1 aliphatic rings. The number of nitro benzene ring substituents is 1. The number of amides is 1. The Hall–Kier alpha value is -2.60. The zero-order chi connectivity index (χ0) is 15.9. The van der Waals surface area contributed by atoms with Gasteiger partial charge in [-0.05, 0) is 18.2 Å². The van der Waals surface area contributed by atoms with Gasteiger partial charge in [-0.3, -0.25) is 14.9 Å². The van der Waals surface area contributed by atoms with Crippen LogP contribution in [-0.2, 0) is 0 Å². The highest BCUT2D eigenvalue weighted by Crippen LogP contribution is 2.36. The van der Waals surface area contributed by atoms with Gasteiger partial charge in [-0.1, -0.05) is 23.7 Å². The summed E-state index contributed by atoms with van der Waals surface area (Å²) in [7, 11) is 1.63. The molecule has 0 saturated heterocycles. The molecule has 0 radical (unpaired) electrons. The molecule has 0 fully saturated rings. The maximum Gasteiger partial charge on any atom is 0.269 e. The minimum Gasteiger partial charge on any atom is -0.361 e. The summed E-state index contributed by atoms with van der Waals surface area (Å²) in [6, 6.07) is 11.3. The van der Waals surface area contributed by atoms with Gasteiger partial charge in [0.15, 0.2) is 0 Å². The predicted molar refractivity (Wildman–Crippen MR) is 83.0 cm³/mol. The van der Waals surface area contributed by atoms with Crippen LogP contribution in [0.1, 0.15) is 22.1 Å². The van der Waals surface area contributed by atoms with Gasteiger partial charge < -0.3 is 10.2 Å². The lowest BCUT2D eigenvalue weighted by Crippen LogP contribution is -2.40. The van der Waals surface area contributed by atoms with Crippen molar-refractivity contribution >= 4 is 28.9 Å². The van der Waals surface area contributed by atoms with Gasteiger partial charge in [0, 0.05) is 35.5 Å². The number of hydrogen-bond acceptors (Lipinski definition) is 4. The Bertz CT molecular complexity index is 778. The predicted octanol–water partition coefficient (Wildman–Crippen LogP) is 3.44. The zero-order valence-corrected chi connectivity index (χ0v) is 12.4. The summed E-state index contributed by atoms with van der Waals surface area (Å²) in [5, 5.41) is 14.5. The van der Waals surface area contributed by atoms with E-state index in [0.717, 1.165) is 0 Å². The van der Waals surface area contributed by atoms with Crippen LogP contribution in [0.3, 0.4) is 0 Å². The first-order valence-corrected chi connectivity index (χ1v) is 6.93. The van der Waals surface area contributed by atoms with E-state index in [1.165, 1.54) is 23.1 Å². The number of carbonyl (C=O) groups is 1. The number of hydrogen-bond donors (Lipinski definition) is 1. The van der Waals surface area contributed by atoms with Crippen molar-refractivity contribution in [3.05, 3.63) is 68.7 Å². The van der Waals surface area contributed by atoms with Gasteiger partial charge in [-0.2, -0.15) is 0 Å². The Kier molecular flexibility index (Phi) is 3.46. The van der Waals surface area contributed by atoms with E-state index in [4.69, 9.17) is 11.6 Å². The van der Waals surface area contributed by atoms with Crippen LogP contribution >= 0.6 is 11.6 Å². The van der Waals surface area contributed by atoms with Crippen LogP contribution in [0.15, 0.2) is 42.5 Å². The normalized spacial score (nSPS) is 16.9. The van der Waals surface area contributed by atoms with E-state index in [1.54, 1.807) is 25.2 Å². The lowest BCUT2D eigenvalue weighted by atomic mass is 10.0. The number of rotatable bonds is 2. The Labute approximate surface area is 131 Å². The first-order valence-electron chi connectivity index (χ1n) is 6.55. The van der Waals surface area contributed by atoms with Crippen LogP contribution in [0, 0.1) is 10.1 Å². The van der Waals surface area contributed by atoms with Crippen molar-refractivity contribution in [2.24, 2.45) is 0 Å². The third-order valence-corrected chi connectivity index (χ3v) is 3.99. The highest BCUT2D eigenvalue weighted by Gasteiger charge is 2.31. The highest BCUT2D eigenvalue weighted by atomic mass is 35.5. The molecule has 0 saturated carbocycles. The number of anilines is 1. The number of fused-ring (bicyclic) bond motifs is 1. The van der Waals surface area contributed by atoms with Gasteiger partial charge in [0.05, 0.1) is 10.5 Å². The average Bonchev–Trinajstić information content (AvgIpc) is 2.51. The summed E-state index contributed by atoms with van der Waals surface area (Å²) in [6.45, 7) is 0. The molecule has 1 aliphatic heterocycles. The topological polar surface area (TPSA) is 75.5 Å². The molecule has 3 rings (SSSR count). The Balaban J connectivity index is 2.08. The summed E-state index contributed by atoms with van der Waals surface area (Å²) in [4.78, 5) is 24.4. The number of halogens is 1. The molecule has 2 aromatic rings. The summed E-state index contributed by atoms with van der Waals surface area (Å²) in [5.41, 5.74) is 1.66. The number of non-ortho nitro benzene ring substituents is 1. The van der Waals surface area contributed by atoms with E-state index < -0.39 is 11.1 Å². The van der Waals surface area contributed by atoms with Crippen molar-refractivity contribution in [2.45, 2.75) is 6.17 Å². The molecule has 112 valence electrons. The maximum atomic E-state index is 12.4. The SMILES string of the molecule is CN1C(=O)c2ccccc2NC1c1cc([N+](=O)[O-])ccc1Cl. The molecule has 1 N–H and O–H groups in total. The summed E-state index contributed by atoms with van der Waals surface area (Å²) in [5.74, 6) is -0.165. The lowest BCUT2D eigenvalue weighted by Gasteiger charge is -2.35. The van der Waals surface area contributed by atoms with E-state index in [-0.39, 0.29) is 11.6 Å². The molecule has 0 aliphatic carbocycles. The third kappa shape index (κ3) is 2.27. The van der Waals surface area contributed by atoms with Crippen molar-refractivity contribution in [1.82, 2.24) is 4.90 Å². The monoisotopic (exact) mass is 317 g/mol. The van der Waals surface area contributed by atoms with Crippen LogP contribution in [0.25, 0.3) is 0 Å². The van der Waals surface area contributed by atoms with Crippen molar-refractivity contribution in [3.63, 3.8) is 0 Å².